The first-order valence-corrected chi connectivity index (χ1v) is 6.72. The molecule has 128 valence electrons. The van der Waals surface area contributed by atoms with Gasteiger partial charge in [-0.3, -0.25) is 9.63 Å². The second-order valence-electron chi connectivity index (χ2n) is 4.81. The summed E-state index contributed by atoms with van der Waals surface area (Å²) in [4.78, 5) is 24.0. The number of aryl methyl sites for hydroxylation is 1. The molecular weight excluding hydrogens is 327 g/mol. The zero-order valence-electron chi connectivity index (χ0n) is 13.1. The summed E-state index contributed by atoms with van der Waals surface area (Å²) in [6, 6.07) is 3.50. The maximum atomic E-state index is 12.5. The first-order chi connectivity index (χ1) is 11.2. The van der Waals surface area contributed by atoms with E-state index < -0.39 is 17.8 Å². The van der Waals surface area contributed by atoms with Gasteiger partial charge in [-0.1, -0.05) is 0 Å². The van der Waals surface area contributed by atoms with Crippen LogP contribution >= 0.6 is 0 Å². The Morgan fingerprint density at radius 2 is 1.92 bits per heavy atom. The Hall–Kier alpha value is -2.68. The van der Waals surface area contributed by atoms with Crippen molar-refractivity contribution in [2.24, 2.45) is 0 Å². The predicted molar refractivity (Wildman–Crippen MR) is 77.4 cm³/mol. The predicted octanol–water partition coefficient (Wildman–Crippen LogP) is 3.23. The minimum absolute atomic E-state index is 0.103. The molecule has 0 N–H and O–H groups in total. The lowest BCUT2D eigenvalue weighted by atomic mass is 10.2. The molecule has 6 nitrogen and oxygen atoms in total. The maximum Gasteiger partial charge on any atom is 0.433 e. The molecule has 0 aromatic carbocycles. The Kier molecular flexibility index (Phi) is 5.03. The lowest BCUT2D eigenvalue weighted by Gasteiger charge is -2.14. The monoisotopic (exact) mass is 341 g/mol. The molecule has 1 amide bonds. The van der Waals surface area contributed by atoms with Crippen LogP contribution in [-0.2, 0) is 11.0 Å². The summed E-state index contributed by atoms with van der Waals surface area (Å²) in [5.74, 6) is -0.129. The number of carbonyl (C=O) groups excluding carboxylic acids is 1. The number of carbonyl (C=O) groups is 1. The summed E-state index contributed by atoms with van der Waals surface area (Å²) in [7, 11) is 2.81. The SMILES string of the molecule is CON(C)C(=O)c1cnc(Oc2ccc(C(F)(F)F)nc2)c(C)c1. The molecule has 2 heterocycles. The van der Waals surface area contributed by atoms with E-state index in [1.54, 1.807) is 6.92 Å². The van der Waals surface area contributed by atoms with Gasteiger partial charge in [0.15, 0.2) is 0 Å². The smallest absolute Gasteiger partial charge is 0.433 e. The van der Waals surface area contributed by atoms with Crippen LogP contribution in [0.3, 0.4) is 0 Å². The topological polar surface area (TPSA) is 64.5 Å². The zero-order chi connectivity index (χ0) is 17.9. The van der Waals surface area contributed by atoms with Gasteiger partial charge in [-0.2, -0.15) is 13.2 Å². The van der Waals surface area contributed by atoms with Gasteiger partial charge in [0.2, 0.25) is 5.88 Å². The fourth-order valence-electron chi connectivity index (χ4n) is 1.77. The van der Waals surface area contributed by atoms with Crippen LogP contribution in [0, 0.1) is 6.92 Å². The molecule has 0 saturated heterocycles. The molecule has 0 atom stereocenters. The van der Waals surface area contributed by atoms with Crippen LogP contribution < -0.4 is 4.74 Å². The number of hydrogen-bond donors (Lipinski definition) is 0. The molecule has 24 heavy (non-hydrogen) atoms. The van der Waals surface area contributed by atoms with E-state index in [-0.39, 0.29) is 17.2 Å². The van der Waals surface area contributed by atoms with Crippen molar-refractivity contribution < 1.29 is 27.5 Å². The Morgan fingerprint density at radius 1 is 1.21 bits per heavy atom. The lowest BCUT2D eigenvalue weighted by molar-refractivity contribution is -0.141. The summed E-state index contributed by atoms with van der Waals surface area (Å²) in [5, 5.41) is 1.04. The van der Waals surface area contributed by atoms with E-state index in [1.807, 2.05) is 0 Å². The van der Waals surface area contributed by atoms with Gasteiger partial charge in [-0.15, -0.1) is 0 Å². The minimum atomic E-state index is -4.51. The highest BCUT2D eigenvalue weighted by atomic mass is 19.4. The quantitative estimate of drug-likeness (QED) is 0.799. The summed E-state index contributed by atoms with van der Waals surface area (Å²) in [6.45, 7) is 1.66. The third-order valence-electron chi connectivity index (χ3n) is 3.08. The average Bonchev–Trinajstić information content (AvgIpc) is 2.55. The van der Waals surface area contributed by atoms with E-state index >= 15 is 0 Å². The van der Waals surface area contributed by atoms with Gasteiger partial charge >= 0.3 is 6.18 Å². The number of pyridine rings is 2. The summed E-state index contributed by atoms with van der Waals surface area (Å²) < 4.78 is 42.8. The van der Waals surface area contributed by atoms with Crippen LogP contribution in [0.4, 0.5) is 13.2 Å². The van der Waals surface area contributed by atoms with Gasteiger partial charge in [-0.25, -0.2) is 15.0 Å². The van der Waals surface area contributed by atoms with Crippen LogP contribution in [0.25, 0.3) is 0 Å². The van der Waals surface area contributed by atoms with Gasteiger partial charge in [0.05, 0.1) is 18.9 Å². The fourth-order valence-corrected chi connectivity index (χ4v) is 1.77. The number of nitrogens with zero attached hydrogens (tertiary/aromatic N) is 3. The van der Waals surface area contributed by atoms with Crippen molar-refractivity contribution in [1.29, 1.82) is 0 Å². The van der Waals surface area contributed by atoms with E-state index in [0.29, 0.717) is 5.56 Å². The van der Waals surface area contributed by atoms with Crippen molar-refractivity contribution in [1.82, 2.24) is 15.0 Å². The Morgan fingerprint density at radius 3 is 2.42 bits per heavy atom. The molecule has 0 fully saturated rings. The number of hydrogen-bond acceptors (Lipinski definition) is 5. The normalized spacial score (nSPS) is 11.2. The molecule has 0 radical (unpaired) electrons. The zero-order valence-corrected chi connectivity index (χ0v) is 13.1. The van der Waals surface area contributed by atoms with Gasteiger partial charge in [-0.05, 0) is 25.1 Å². The molecule has 0 aliphatic carbocycles. The van der Waals surface area contributed by atoms with Gasteiger partial charge in [0, 0.05) is 18.8 Å². The molecule has 2 aromatic heterocycles. The van der Waals surface area contributed by atoms with Crippen molar-refractivity contribution in [3.8, 4) is 11.6 Å². The number of hydroxylamine groups is 2. The van der Waals surface area contributed by atoms with Crippen molar-refractivity contribution in [3.63, 3.8) is 0 Å². The first-order valence-electron chi connectivity index (χ1n) is 6.72. The molecule has 2 rings (SSSR count). The second-order valence-corrected chi connectivity index (χ2v) is 4.81. The second kappa shape index (κ2) is 6.83. The number of amides is 1. The van der Waals surface area contributed by atoms with Gasteiger partial charge < -0.3 is 4.74 Å². The average molecular weight is 341 g/mol. The van der Waals surface area contributed by atoms with Crippen molar-refractivity contribution in [2.75, 3.05) is 14.2 Å². The molecule has 0 spiro atoms. The van der Waals surface area contributed by atoms with Gasteiger partial charge in [0.25, 0.3) is 5.91 Å². The molecular formula is C15H14F3N3O3. The number of aromatic nitrogens is 2. The number of alkyl halides is 3. The Labute approximate surface area is 135 Å². The van der Waals surface area contributed by atoms with E-state index in [2.05, 4.69) is 9.97 Å². The molecule has 2 aromatic rings. The lowest BCUT2D eigenvalue weighted by Crippen LogP contribution is -2.25. The molecule has 0 aliphatic heterocycles. The van der Waals surface area contributed by atoms with Crippen LogP contribution in [0.1, 0.15) is 21.6 Å². The highest BCUT2D eigenvalue weighted by Gasteiger charge is 2.32. The third-order valence-corrected chi connectivity index (χ3v) is 3.08. The van der Waals surface area contributed by atoms with Crippen molar-refractivity contribution in [2.45, 2.75) is 13.1 Å². The fraction of sp³-hybridized carbons (Fsp3) is 0.267. The highest BCUT2D eigenvalue weighted by molar-refractivity contribution is 5.93. The van der Waals surface area contributed by atoms with Crippen LogP contribution in [0.2, 0.25) is 0 Å². The molecule has 0 saturated carbocycles. The number of ether oxygens (including phenoxy) is 1. The van der Waals surface area contributed by atoms with E-state index in [9.17, 15) is 18.0 Å². The highest BCUT2D eigenvalue weighted by Crippen LogP contribution is 2.29. The standard InChI is InChI=1S/C15H14F3N3O3/c1-9-6-10(14(22)21(2)23-3)7-20-13(9)24-11-4-5-12(19-8-11)15(16,17)18/h4-8H,1-3H3. The molecule has 0 aliphatic rings. The van der Waals surface area contributed by atoms with Crippen LogP contribution in [0.15, 0.2) is 30.6 Å². The Balaban J connectivity index is 2.17. The largest absolute Gasteiger partial charge is 0.437 e. The van der Waals surface area contributed by atoms with E-state index in [4.69, 9.17) is 9.57 Å². The molecule has 0 unspecified atom stereocenters. The van der Waals surface area contributed by atoms with E-state index in [1.165, 1.54) is 26.4 Å². The van der Waals surface area contributed by atoms with Crippen molar-refractivity contribution in [3.05, 3.63) is 47.4 Å². The summed E-state index contributed by atoms with van der Waals surface area (Å²) >= 11 is 0. The number of halogens is 3. The summed E-state index contributed by atoms with van der Waals surface area (Å²) in [6.07, 6.45) is -2.26. The minimum Gasteiger partial charge on any atom is -0.437 e. The molecule has 0 bridgehead atoms. The van der Waals surface area contributed by atoms with Crippen molar-refractivity contribution >= 4 is 5.91 Å². The van der Waals surface area contributed by atoms with Crippen LogP contribution in [-0.4, -0.2) is 35.1 Å². The summed E-state index contributed by atoms with van der Waals surface area (Å²) in [5.41, 5.74) is -0.192. The van der Waals surface area contributed by atoms with E-state index in [0.717, 1.165) is 23.4 Å². The Bertz CT molecular complexity index is 733. The van der Waals surface area contributed by atoms with Crippen LogP contribution in [0.5, 0.6) is 11.6 Å². The third kappa shape index (κ3) is 3.99. The maximum absolute atomic E-state index is 12.5. The van der Waals surface area contributed by atoms with Gasteiger partial charge in [0.1, 0.15) is 11.4 Å². The first kappa shape index (κ1) is 17.7. The molecule has 9 heteroatoms. The number of rotatable bonds is 4.